The van der Waals surface area contributed by atoms with Crippen LogP contribution < -0.4 is 4.74 Å². The molecule has 0 bridgehead atoms. The van der Waals surface area contributed by atoms with Crippen LogP contribution in [-0.2, 0) is 9.53 Å². The van der Waals surface area contributed by atoms with Gasteiger partial charge < -0.3 is 9.47 Å². The van der Waals surface area contributed by atoms with Crippen molar-refractivity contribution in [1.29, 1.82) is 0 Å². The summed E-state index contributed by atoms with van der Waals surface area (Å²) in [7, 11) is 1.36. The van der Waals surface area contributed by atoms with Crippen LogP contribution in [0.15, 0.2) is 22.7 Å². The van der Waals surface area contributed by atoms with Crippen LogP contribution in [0.1, 0.15) is 12.0 Å². The van der Waals surface area contributed by atoms with Crippen molar-refractivity contribution in [3.05, 3.63) is 28.2 Å². The Bertz CT molecular complexity index is 393. The molecule has 0 spiro atoms. The molecule has 5 heteroatoms. The van der Waals surface area contributed by atoms with Gasteiger partial charge in [-0.25, -0.2) is 4.79 Å². The molecule has 0 aliphatic heterocycles. The number of carbonyl (C=O) groups is 1. The quantitative estimate of drug-likeness (QED) is 0.592. The van der Waals surface area contributed by atoms with E-state index in [9.17, 15) is 4.79 Å². The lowest BCUT2D eigenvalue weighted by Crippen LogP contribution is -2.29. The molecule has 0 aliphatic rings. The molecule has 0 saturated heterocycles. The van der Waals surface area contributed by atoms with Crippen molar-refractivity contribution in [1.82, 2.24) is 0 Å². The predicted octanol–water partition coefficient (Wildman–Crippen LogP) is 3.46. The van der Waals surface area contributed by atoms with Crippen LogP contribution in [0, 0.1) is 6.92 Å². The highest BCUT2D eigenvalue weighted by atomic mass is 79.9. The van der Waals surface area contributed by atoms with Gasteiger partial charge in [-0.05, 0) is 40.5 Å². The third-order valence-corrected chi connectivity index (χ3v) is 3.30. The average molecular weight is 366 g/mol. The first-order valence-corrected chi connectivity index (χ1v) is 7.06. The van der Waals surface area contributed by atoms with Crippen molar-refractivity contribution in [3.63, 3.8) is 0 Å². The topological polar surface area (TPSA) is 35.5 Å². The van der Waals surface area contributed by atoms with Gasteiger partial charge in [-0.3, -0.25) is 0 Å². The van der Waals surface area contributed by atoms with E-state index in [4.69, 9.17) is 9.47 Å². The van der Waals surface area contributed by atoms with Gasteiger partial charge in [0.05, 0.1) is 11.6 Å². The zero-order valence-corrected chi connectivity index (χ0v) is 12.9. The lowest BCUT2D eigenvalue weighted by molar-refractivity contribution is -0.148. The number of alkyl halides is 1. The molecule has 0 heterocycles. The third-order valence-electron chi connectivity index (χ3n) is 2.19. The summed E-state index contributed by atoms with van der Waals surface area (Å²) in [6.07, 6.45) is -0.0231. The summed E-state index contributed by atoms with van der Waals surface area (Å²) in [5.41, 5.74) is 1.07. The number of ether oxygens (including phenoxy) is 2. The molecular formula is C12H14Br2O3. The van der Waals surface area contributed by atoms with E-state index in [0.29, 0.717) is 17.5 Å². The molecule has 17 heavy (non-hydrogen) atoms. The SMILES string of the molecule is COC(=O)C(CCBr)Oc1cc(C)ccc1Br. The molecule has 0 aliphatic carbocycles. The Kier molecular flexibility index (Phi) is 5.98. The summed E-state index contributed by atoms with van der Waals surface area (Å²) in [5, 5.41) is 0.677. The average Bonchev–Trinajstić information content (AvgIpc) is 2.32. The molecule has 94 valence electrons. The van der Waals surface area contributed by atoms with Crippen LogP contribution in [0.3, 0.4) is 0 Å². The van der Waals surface area contributed by atoms with Crippen LogP contribution >= 0.6 is 31.9 Å². The van der Waals surface area contributed by atoms with Gasteiger partial charge in [0.15, 0.2) is 6.10 Å². The fourth-order valence-electron chi connectivity index (χ4n) is 1.31. The van der Waals surface area contributed by atoms with E-state index >= 15 is 0 Å². The van der Waals surface area contributed by atoms with Crippen molar-refractivity contribution < 1.29 is 14.3 Å². The van der Waals surface area contributed by atoms with E-state index < -0.39 is 6.10 Å². The maximum Gasteiger partial charge on any atom is 0.347 e. The highest BCUT2D eigenvalue weighted by Crippen LogP contribution is 2.27. The van der Waals surface area contributed by atoms with E-state index in [1.54, 1.807) is 0 Å². The minimum absolute atomic E-state index is 0.363. The highest BCUT2D eigenvalue weighted by molar-refractivity contribution is 9.10. The summed E-state index contributed by atoms with van der Waals surface area (Å²) in [4.78, 5) is 11.5. The fourth-order valence-corrected chi connectivity index (χ4v) is 2.07. The molecule has 1 aromatic carbocycles. The second kappa shape index (κ2) is 7.01. The van der Waals surface area contributed by atoms with Crippen LogP contribution in [0.25, 0.3) is 0 Å². The number of hydrogen-bond donors (Lipinski definition) is 0. The number of aryl methyl sites for hydroxylation is 1. The van der Waals surface area contributed by atoms with Gasteiger partial charge in [-0.2, -0.15) is 0 Å². The van der Waals surface area contributed by atoms with E-state index in [0.717, 1.165) is 10.0 Å². The van der Waals surface area contributed by atoms with Crippen LogP contribution in [0.4, 0.5) is 0 Å². The van der Waals surface area contributed by atoms with Gasteiger partial charge in [0, 0.05) is 11.8 Å². The van der Waals surface area contributed by atoms with Gasteiger partial charge in [-0.15, -0.1) is 0 Å². The van der Waals surface area contributed by atoms with Gasteiger partial charge >= 0.3 is 5.97 Å². The molecule has 0 aromatic heterocycles. The number of methoxy groups -OCH3 is 1. The first-order valence-electron chi connectivity index (χ1n) is 5.15. The number of hydrogen-bond acceptors (Lipinski definition) is 3. The van der Waals surface area contributed by atoms with Gasteiger partial charge in [0.2, 0.25) is 0 Å². The van der Waals surface area contributed by atoms with Crippen molar-refractivity contribution in [2.75, 3.05) is 12.4 Å². The summed E-state index contributed by atoms with van der Waals surface area (Å²) in [5.74, 6) is 0.291. The summed E-state index contributed by atoms with van der Waals surface area (Å²) < 4.78 is 11.2. The van der Waals surface area contributed by atoms with Crippen LogP contribution in [0.5, 0.6) is 5.75 Å². The van der Waals surface area contributed by atoms with Gasteiger partial charge in [0.25, 0.3) is 0 Å². The largest absolute Gasteiger partial charge is 0.478 e. The molecule has 1 unspecified atom stereocenters. The highest BCUT2D eigenvalue weighted by Gasteiger charge is 2.21. The standard InChI is InChI=1S/C12H14Br2O3/c1-8-3-4-9(14)11(7-8)17-10(5-6-13)12(15)16-2/h3-4,7,10H,5-6H2,1-2H3. The van der Waals surface area contributed by atoms with Crippen molar-refractivity contribution in [3.8, 4) is 5.75 Å². The first kappa shape index (κ1) is 14.5. The minimum Gasteiger partial charge on any atom is -0.478 e. The van der Waals surface area contributed by atoms with E-state index in [2.05, 4.69) is 31.9 Å². The fraction of sp³-hybridized carbons (Fsp3) is 0.417. The molecular weight excluding hydrogens is 352 g/mol. The maximum atomic E-state index is 11.5. The number of benzene rings is 1. The first-order chi connectivity index (χ1) is 8.08. The molecule has 1 atom stereocenters. The van der Waals surface area contributed by atoms with Gasteiger partial charge in [-0.1, -0.05) is 22.0 Å². The molecule has 0 fully saturated rings. The lowest BCUT2D eigenvalue weighted by atomic mass is 10.2. The van der Waals surface area contributed by atoms with E-state index in [-0.39, 0.29) is 5.97 Å². The molecule has 3 nitrogen and oxygen atoms in total. The Morgan fingerprint density at radius 3 is 2.76 bits per heavy atom. The van der Waals surface area contributed by atoms with E-state index in [1.807, 2.05) is 25.1 Å². The number of carbonyl (C=O) groups excluding carboxylic acids is 1. The number of halogens is 2. The van der Waals surface area contributed by atoms with Crippen molar-refractivity contribution >= 4 is 37.8 Å². The Balaban J connectivity index is 2.85. The zero-order chi connectivity index (χ0) is 12.8. The van der Waals surface area contributed by atoms with Crippen LogP contribution in [0.2, 0.25) is 0 Å². The summed E-state index contributed by atoms with van der Waals surface area (Å²) in [6.45, 7) is 1.97. The smallest absolute Gasteiger partial charge is 0.347 e. The van der Waals surface area contributed by atoms with Crippen LogP contribution in [-0.4, -0.2) is 24.5 Å². The predicted molar refractivity (Wildman–Crippen MR) is 73.7 cm³/mol. The second-order valence-corrected chi connectivity index (χ2v) is 5.19. The lowest BCUT2D eigenvalue weighted by Gasteiger charge is -2.17. The molecule has 0 radical (unpaired) electrons. The molecule has 1 rings (SSSR count). The van der Waals surface area contributed by atoms with Gasteiger partial charge in [0.1, 0.15) is 5.75 Å². The Morgan fingerprint density at radius 2 is 2.18 bits per heavy atom. The maximum absolute atomic E-state index is 11.5. The zero-order valence-electron chi connectivity index (χ0n) is 9.70. The minimum atomic E-state index is -0.586. The van der Waals surface area contributed by atoms with E-state index in [1.165, 1.54) is 7.11 Å². The number of esters is 1. The normalized spacial score (nSPS) is 12.0. The Morgan fingerprint density at radius 1 is 1.47 bits per heavy atom. The Labute approximate surface area is 118 Å². The molecule has 0 saturated carbocycles. The summed E-state index contributed by atoms with van der Waals surface area (Å²) >= 11 is 6.69. The van der Waals surface area contributed by atoms with Crippen molar-refractivity contribution in [2.45, 2.75) is 19.4 Å². The van der Waals surface area contributed by atoms with Crippen molar-refractivity contribution in [2.24, 2.45) is 0 Å². The second-order valence-electron chi connectivity index (χ2n) is 3.54. The molecule has 0 N–H and O–H groups in total. The monoisotopic (exact) mass is 364 g/mol. The summed E-state index contributed by atoms with van der Waals surface area (Å²) in [6, 6.07) is 5.75. The third kappa shape index (κ3) is 4.32. The molecule has 1 aromatic rings. The molecule has 0 amide bonds. The Hall–Kier alpha value is -0.550. The number of rotatable bonds is 5.